The van der Waals surface area contributed by atoms with Crippen LogP contribution in [-0.4, -0.2) is 25.3 Å². The first-order valence-corrected chi connectivity index (χ1v) is 7.61. The second kappa shape index (κ2) is 7.99. The molecule has 0 radical (unpaired) electrons. The summed E-state index contributed by atoms with van der Waals surface area (Å²) in [6.45, 7) is 0. The van der Waals surface area contributed by atoms with Gasteiger partial charge in [-0.25, -0.2) is 4.79 Å². The molecule has 5 heteroatoms. The zero-order valence-electron chi connectivity index (χ0n) is 13.1. The number of carbonyl (C=O) groups is 1. The van der Waals surface area contributed by atoms with Gasteiger partial charge in [0, 0.05) is 0 Å². The van der Waals surface area contributed by atoms with Gasteiger partial charge in [-0.3, -0.25) is 0 Å². The number of aliphatic hydroxyl groups is 1. The molecular formula is C18H19ClO4. The third-order valence-electron chi connectivity index (χ3n) is 3.62. The maximum Gasteiger partial charge on any atom is 0.337 e. The quantitative estimate of drug-likeness (QED) is 0.816. The molecule has 0 heterocycles. The molecule has 2 aromatic rings. The van der Waals surface area contributed by atoms with Gasteiger partial charge in [0.15, 0.2) is 0 Å². The first-order valence-electron chi connectivity index (χ1n) is 7.24. The van der Waals surface area contributed by atoms with Gasteiger partial charge < -0.3 is 14.6 Å². The van der Waals surface area contributed by atoms with Crippen molar-refractivity contribution in [1.29, 1.82) is 0 Å². The molecular weight excluding hydrogens is 316 g/mol. The monoisotopic (exact) mass is 334 g/mol. The number of ether oxygens (including phenoxy) is 2. The molecule has 0 aliphatic carbocycles. The Hall–Kier alpha value is -2.04. The van der Waals surface area contributed by atoms with Crippen LogP contribution in [-0.2, 0) is 11.2 Å². The predicted octanol–water partition coefficient (Wildman–Crippen LogP) is 3.80. The van der Waals surface area contributed by atoms with Crippen LogP contribution in [0.3, 0.4) is 0 Å². The minimum Gasteiger partial charge on any atom is -0.497 e. The van der Waals surface area contributed by atoms with Crippen molar-refractivity contribution in [1.82, 2.24) is 0 Å². The van der Waals surface area contributed by atoms with Gasteiger partial charge in [0.25, 0.3) is 0 Å². The van der Waals surface area contributed by atoms with Crippen molar-refractivity contribution in [2.24, 2.45) is 0 Å². The first kappa shape index (κ1) is 17.3. The van der Waals surface area contributed by atoms with E-state index in [0.717, 1.165) is 5.56 Å². The number of methoxy groups -OCH3 is 2. The molecule has 1 atom stereocenters. The summed E-state index contributed by atoms with van der Waals surface area (Å²) in [6, 6.07) is 12.4. The summed E-state index contributed by atoms with van der Waals surface area (Å²) in [7, 11) is 2.92. The average Bonchev–Trinajstić information content (AvgIpc) is 2.59. The molecule has 4 nitrogen and oxygen atoms in total. The van der Waals surface area contributed by atoms with Gasteiger partial charge in [0.05, 0.1) is 30.9 Å². The number of hydrogen-bond acceptors (Lipinski definition) is 4. The van der Waals surface area contributed by atoms with Crippen LogP contribution in [0.1, 0.15) is 34.0 Å². The van der Waals surface area contributed by atoms with Crippen molar-refractivity contribution in [3.8, 4) is 5.75 Å². The van der Waals surface area contributed by atoms with Crippen LogP contribution < -0.4 is 4.74 Å². The molecule has 0 spiro atoms. The Morgan fingerprint density at radius 2 is 2.00 bits per heavy atom. The zero-order chi connectivity index (χ0) is 16.8. The fourth-order valence-electron chi connectivity index (χ4n) is 2.34. The number of aliphatic hydroxyl groups excluding tert-OH is 1. The van der Waals surface area contributed by atoms with Crippen LogP contribution in [0.5, 0.6) is 5.75 Å². The largest absolute Gasteiger partial charge is 0.497 e. The summed E-state index contributed by atoms with van der Waals surface area (Å²) in [5.41, 5.74) is 2.12. The van der Waals surface area contributed by atoms with E-state index in [9.17, 15) is 9.90 Å². The van der Waals surface area contributed by atoms with Gasteiger partial charge in [0.1, 0.15) is 5.75 Å². The Bertz CT molecular complexity index is 684. The SMILES string of the molecule is COC(=O)c1cccc(CCC(O)c2ccc(OC)cc2Cl)c1. The number of benzene rings is 2. The third kappa shape index (κ3) is 4.47. The van der Waals surface area contributed by atoms with Gasteiger partial charge in [-0.2, -0.15) is 0 Å². The topological polar surface area (TPSA) is 55.8 Å². The van der Waals surface area contributed by atoms with Crippen LogP contribution in [0.15, 0.2) is 42.5 Å². The lowest BCUT2D eigenvalue weighted by Crippen LogP contribution is -2.03. The van der Waals surface area contributed by atoms with E-state index in [4.69, 9.17) is 21.1 Å². The highest BCUT2D eigenvalue weighted by molar-refractivity contribution is 6.31. The highest BCUT2D eigenvalue weighted by atomic mass is 35.5. The van der Waals surface area contributed by atoms with E-state index in [1.165, 1.54) is 7.11 Å². The molecule has 0 amide bonds. The highest BCUT2D eigenvalue weighted by Gasteiger charge is 2.13. The molecule has 1 unspecified atom stereocenters. The Morgan fingerprint density at radius 1 is 1.22 bits per heavy atom. The van der Waals surface area contributed by atoms with E-state index < -0.39 is 6.10 Å². The second-order valence-corrected chi connectivity index (χ2v) is 5.54. The Labute approximate surface area is 140 Å². The minimum absolute atomic E-state index is 0.370. The van der Waals surface area contributed by atoms with E-state index in [0.29, 0.717) is 34.7 Å². The Morgan fingerprint density at radius 3 is 2.65 bits per heavy atom. The molecule has 0 aliphatic rings. The lowest BCUT2D eigenvalue weighted by Gasteiger charge is -2.14. The van der Waals surface area contributed by atoms with Gasteiger partial charge in [0.2, 0.25) is 0 Å². The van der Waals surface area contributed by atoms with Crippen molar-refractivity contribution in [2.75, 3.05) is 14.2 Å². The summed E-state index contributed by atoms with van der Waals surface area (Å²) in [4.78, 5) is 11.5. The minimum atomic E-state index is -0.685. The van der Waals surface area contributed by atoms with Crippen molar-refractivity contribution >= 4 is 17.6 Å². The summed E-state index contributed by atoms with van der Waals surface area (Å²) in [5, 5.41) is 10.8. The van der Waals surface area contributed by atoms with E-state index in [-0.39, 0.29) is 5.97 Å². The number of hydrogen-bond donors (Lipinski definition) is 1. The van der Waals surface area contributed by atoms with Crippen molar-refractivity contribution < 1.29 is 19.4 Å². The maximum absolute atomic E-state index is 11.5. The van der Waals surface area contributed by atoms with Crippen LogP contribution >= 0.6 is 11.6 Å². The van der Waals surface area contributed by atoms with Gasteiger partial charge in [-0.15, -0.1) is 0 Å². The van der Waals surface area contributed by atoms with E-state index in [2.05, 4.69) is 0 Å². The van der Waals surface area contributed by atoms with Crippen molar-refractivity contribution in [3.63, 3.8) is 0 Å². The summed E-state index contributed by atoms with van der Waals surface area (Å²) in [5.74, 6) is 0.280. The molecule has 0 saturated carbocycles. The fourth-order valence-corrected chi connectivity index (χ4v) is 2.63. The van der Waals surface area contributed by atoms with Gasteiger partial charge in [-0.05, 0) is 48.2 Å². The normalized spacial score (nSPS) is 11.8. The van der Waals surface area contributed by atoms with E-state index >= 15 is 0 Å². The number of rotatable bonds is 6. The number of halogens is 1. The van der Waals surface area contributed by atoms with Crippen LogP contribution in [0.4, 0.5) is 0 Å². The van der Waals surface area contributed by atoms with Crippen molar-refractivity contribution in [2.45, 2.75) is 18.9 Å². The van der Waals surface area contributed by atoms with Crippen LogP contribution in [0.2, 0.25) is 5.02 Å². The molecule has 0 aliphatic heterocycles. The molecule has 0 bridgehead atoms. The molecule has 0 fully saturated rings. The highest BCUT2D eigenvalue weighted by Crippen LogP contribution is 2.29. The van der Waals surface area contributed by atoms with Gasteiger partial charge in [-0.1, -0.05) is 29.8 Å². The smallest absolute Gasteiger partial charge is 0.337 e. The molecule has 122 valence electrons. The van der Waals surface area contributed by atoms with Crippen LogP contribution in [0.25, 0.3) is 0 Å². The number of aryl methyl sites for hydroxylation is 1. The predicted molar refractivity (Wildman–Crippen MR) is 89.1 cm³/mol. The molecule has 2 aromatic carbocycles. The Kier molecular flexibility index (Phi) is 6.02. The lowest BCUT2D eigenvalue weighted by molar-refractivity contribution is 0.0600. The zero-order valence-corrected chi connectivity index (χ0v) is 13.8. The third-order valence-corrected chi connectivity index (χ3v) is 3.95. The molecule has 0 aromatic heterocycles. The number of carbonyl (C=O) groups excluding carboxylic acids is 1. The van der Waals surface area contributed by atoms with E-state index in [1.807, 2.05) is 6.07 Å². The fraction of sp³-hybridized carbons (Fsp3) is 0.278. The Balaban J connectivity index is 2.04. The number of esters is 1. The summed E-state index contributed by atoms with van der Waals surface area (Å²) < 4.78 is 9.80. The second-order valence-electron chi connectivity index (χ2n) is 5.13. The molecule has 2 rings (SSSR count). The van der Waals surface area contributed by atoms with Crippen LogP contribution in [0, 0.1) is 0 Å². The standard InChI is InChI=1S/C18H19ClO4/c1-22-14-7-8-15(16(19)11-14)17(20)9-6-12-4-3-5-13(10-12)18(21)23-2/h3-5,7-8,10-11,17,20H,6,9H2,1-2H3. The average molecular weight is 335 g/mol. The summed E-state index contributed by atoms with van der Waals surface area (Å²) in [6.07, 6.45) is 0.431. The lowest BCUT2D eigenvalue weighted by atomic mass is 10.00. The molecule has 0 saturated heterocycles. The van der Waals surface area contributed by atoms with Gasteiger partial charge >= 0.3 is 5.97 Å². The van der Waals surface area contributed by atoms with Crippen molar-refractivity contribution in [3.05, 3.63) is 64.2 Å². The first-order chi connectivity index (χ1) is 11.0. The van der Waals surface area contributed by atoms with E-state index in [1.54, 1.807) is 43.5 Å². The molecule has 1 N–H and O–H groups in total. The summed E-state index contributed by atoms with van der Waals surface area (Å²) >= 11 is 6.17. The molecule has 23 heavy (non-hydrogen) atoms. The maximum atomic E-state index is 11.5.